The molecule has 0 radical (unpaired) electrons. The quantitative estimate of drug-likeness (QED) is 0.898. The van der Waals surface area contributed by atoms with Gasteiger partial charge in [0.05, 0.1) is 10.5 Å². The van der Waals surface area contributed by atoms with Gasteiger partial charge >= 0.3 is 5.97 Å². The Morgan fingerprint density at radius 2 is 1.67 bits per heavy atom. The van der Waals surface area contributed by atoms with Gasteiger partial charge in [-0.25, -0.2) is 22.7 Å². The SMILES string of the molecule is NS(=O)(=O)c1ccc(Sc2ccc(F)c(C(=O)O)c2)cc1. The smallest absolute Gasteiger partial charge is 0.338 e. The molecule has 0 spiro atoms. The summed E-state index contributed by atoms with van der Waals surface area (Å²) in [7, 11) is -3.75. The van der Waals surface area contributed by atoms with Gasteiger partial charge in [-0.05, 0) is 42.5 Å². The number of nitrogens with two attached hydrogens (primary N) is 1. The number of hydrogen-bond acceptors (Lipinski definition) is 4. The highest BCUT2D eigenvalue weighted by molar-refractivity contribution is 7.99. The Morgan fingerprint density at radius 1 is 1.10 bits per heavy atom. The molecular weight excluding hydrogens is 317 g/mol. The number of primary sulfonamides is 1. The summed E-state index contributed by atoms with van der Waals surface area (Å²) in [4.78, 5) is 12.0. The minimum absolute atomic E-state index is 0.0165. The molecule has 0 fully saturated rings. The molecule has 0 atom stereocenters. The third-order valence-corrected chi connectivity index (χ3v) is 4.48. The Bertz CT molecular complexity index is 788. The molecule has 21 heavy (non-hydrogen) atoms. The number of hydrogen-bond donors (Lipinski definition) is 2. The van der Waals surface area contributed by atoms with Crippen molar-refractivity contribution in [2.24, 2.45) is 5.14 Å². The highest BCUT2D eigenvalue weighted by Gasteiger charge is 2.12. The van der Waals surface area contributed by atoms with Crippen molar-refractivity contribution in [3.63, 3.8) is 0 Å². The van der Waals surface area contributed by atoms with Crippen LogP contribution in [0.2, 0.25) is 0 Å². The molecule has 0 saturated carbocycles. The van der Waals surface area contributed by atoms with E-state index in [2.05, 4.69) is 0 Å². The lowest BCUT2D eigenvalue weighted by Gasteiger charge is -2.05. The molecule has 0 aliphatic heterocycles. The van der Waals surface area contributed by atoms with Crippen molar-refractivity contribution in [2.75, 3.05) is 0 Å². The molecule has 8 heteroatoms. The molecule has 3 N–H and O–H groups in total. The Hall–Kier alpha value is -1.90. The van der Waals surface area contributed by atoms with Gasteiger partial charge in [-0.3, -0.25) is 0 Å². The van der Waals surface area contributed by atoms with Crippen LogP contribution in [0.3, 0.4) is 0 Å². The second kappa shape index (κ2) is 5.84. The summed E-state index contributed by atoms with van der Waals surface area (Å²) in [6, 6.07) is 9.50. The van der Waals surface area contributed by atoms with E-state index in [-0.39, 0.29) is 4.90 Å². The van der Waals surface area contributed by atoms with E-state index in [0.29, 0.717) is 9.79 Å². The molecule has 0 bridgehead atoms. The minimum atomic E-state index is -3.75. The van der Waals surface area contributed by atoms with Crippen LogP contribution in [0.1, 0.15) is 10.4 Å². The zero-order chi connectivity index (χ0) is 15.6. The number of rotatable bonds is 4. The number of carboxylic acids is 1. The lowest BCUT2D eigenvalue weighted by Crippen LogP contribution is -2.11. The molecule has 0 aromatic heterocycles. The van der Waals surface area contributed by atoms with Crippen molar-refractivity contribution in [1.29, 1.82) is 0 Å². The van der Waals surface area contributed by atoms with Crippen molar-refractivity contribution < 1.29 is 22.7 Å². The first-order valence-electron chi connectivity index (χ1n) is 5.61. The number of carbonyl (C=O) groups is 1. The summed E-state index contributed by atoms with van der Waals surface area (Å²) in [5.74, 6) is -2.16. The van der Waals surface area contributed by atoms with Gasteiger partial charge in [0.1, 0.15) is 5.82 Å². The second-order valence-corrected chi connectivity index (χ2v) is 6.77. The van der Waals surface area contributed by atoms with Gasteiger partial charge in [0.25, 0.3) is 0 Å². The maximum absolute atomic E-state index is 13.3. The monoisotopic (exact) mass is 327 g/mol. The van der Waals surface area contributed by atoms with Gasteiger partial charge in [0.2, 0.25) is 10.0 Å². The van der Waals surface area contributed by atoms with E-state index in [1.807, 2.05) is 0 Å². The van der Waals surface area contributed by atoms with Gasteiger partial charge in [-0.15, -0.1) is 0 Å². The fourth-order valence-electron chi connectivity index (χ4n) is 1.57. The topological polar surface area (TPSA) is 97.5 Å². The summed E-state index contributed by atoms with van der Waals surface area (Å²) in [5, 5.41) is 13.8. The number of carboxylic acid groups (broad SMARTS) is 1. The van der Waals surface area contributed by atoms with Gasteiger partial charge in [0, 0.05) is 9.79 Å². The molecule has 2 aromatic rings. The van der Waals surface area contributed by atoms with E-state index < -0.39 is 27.4 Å². The van der Waals surface area contributed by atoms with Crippen molar-refractivity contribution >= 4 is 27.8 Å². The van der Waals surface area contributed by atoms with E-state index in [9.17, 15) is 17.6 Å². The molecule has 2 aromatic carbocycles. The largest absolute Gasteiger partial charge is 0.478 e. The Balaban J connectivity index is 2.26. The number of sulfonamides is 1. The summed E-state index contributed by atoms with van der Waals surface area (Å²) >= 11 is 1.18. The summed E-state index contributed by atoms with van der Waals surface area (Å²) in [5.41, 5.74) is -0.416. The van der Waals surface area contributed by atoms with E-state index in [0.717, 1.165) is 6.07 Å². The number of aromatic carboxylic acids is 1. The fraction of sp³-hybridized carbons (Fsp3) is 0. The van der Waals surface area contributed by atoms with Crippen molar-refractivity contribution in [3.05, 3.63) is 53.8 Å². The van der Waals surface area contributed by atoms with Crippen LogP contribution in [-0.2, 0) is 10.0 Å². The van der Waals surface area contributed by atoms with E-state index in [1.165, 1.54) is 48.2 Å². The van der Waals surface area contributed by atoms with Crippen molar-refractivity contribution in [2.45, 2.75) is 14.7 Å². The average molecular weight is 327 g/mol. The zero-order valence-corrected chi connectivity index (χ0v) is 12.1. The summed E-state index contributed by atoms with van der Waals surface area (Å²) in [6.07, 6.45) is 0. The third kappa shape index (κ3) is 3.81. The predicted molar refractivity (Wildman–Crippen MR) is 75.3 cm³/mol. The molecule has 110 valence electrons. The van der Waals surface area contributed by atoms with Crippen LogP contribution in [0, 0.1) is 5.82 Å². The van der Waals surface area contributed by atoms with E-state index in [4.69, 9.17) is 10.2 Å². The molecular formula is C13H10FNO4S2. The number of benzene rings is 2. The Morgan fingerprint density at radius 3 is 2.19 bits per heavy atom. The first-order valence-corrected chi connectivity index (χ1v) is 7.97. The standard InChI is InChI=1S/C13H10FNO4S2/c14-12-6-3-9(7-11(12)13(16)17)20-8-1-4-10(5-2-8)21(15,18)19/h1-7H,(H,16,17)(H2,15,18,19). The second-order valence-electron chi connectivity index (χ2n) is 4.07. The highest BCUT2D eigenvalue weighted by atomic mass is 32.2. The normalized spacial score (nSPS) is 11.3. The first kappa shape index (κ1) is 15.5. The molecule has 5 nitrogen and oxygen atoms in total. The minimum Gasteiger partial charge on any atom is -0.478 e. The van der Waals surface area contributed by atoms with Crippen molar-refractivity contribution in [1.82, 2.24) is 0 Å². The summed E-state index contributed by atoms with van der Waals surface area (Å²) in [6.45, 7) is 0. The van der Waals surface area contributed by atoms with Crippen LogP contribution < -0.4 is 5.14 Å². The van der Waals surface area contributed by atoms with Crippen LogP contribution >= 0.6 is 11.8 Å². The van der Waals surface area contributed by atoms with Crippen LogP contribution in [0.25, 0.3) is 0 Å². The maximum atomic E-state index is 13.3. The lowest BCUT2D eigenvalue weighted by atomic mass is 10.2. The maximum Gasteiger partial charge on any atom is 0.338 e. The molecule has 0 amide bonds. The average Bonchev–Trinajstić information content (AvgIpc) is 2.40. The molecule has 0 unspecified atom stereocenters. The Labute approximate surface area is 124 Å². The highest BCUT2D eigenvalue weighted by Crippen LogP contribution is 2.29. The molecule has 0 heterocycles. The Kier molecular flexibility index (Phi) is 4.31. The third-order valence-electron chi connectivity index (χ3n) is 2.56. The number of halogens is 1. The van der Waals surface area contributed by atoms with Crippen LogP contribution in [0.5, 0.6) is 0 Å². The van der Waals surface area contributed by atoms with Gasteiger partial charge < -0.3 is 5.11 Å². The van der Waals surface area contributed by atoms with Crippen LogP contribution in [0.4, 0.5) is 4.39 Å². The molecule has 0 saturated heterocycles. The fourth-order valence-corrected chi connectivity index (χ4v) is 2.94. The molecule has 0 aliphatic rings. The zero-order valence-electron chi connectivity index (χ0n) is 10.5. The first-order chi connectivity index (χ1) is 9.77. The summed E-state index contributed by atoms with van der Waals surface area (Å²) < 4.78 is 35.5. The van der Waals surface area contributed by atoms with Crippen LogP contribution in [-0.4, -0.2) is 19.5 Å². The van der Waals surface area contributed by atoms with Crippen LogP contribution in [0.15, 0.2) is 57.2 Å². The van der Waals surface area contributed by atoms with Gasteiger partial charge in [-0.1, -0.05) is 11.8 Å². The molecule has 0 aliphatic carbocycles. The molecule has 2 rings (SSSR count). The van der Waals surface area contributed by atoms with Gasteiger partial charge in [-0.2, -0.15) is 0 Å². The lowest BCUT2D eigenvalue weighted by molar-refractivity contribution is 0.0691. The van der Waals surface area contributed by atoms with Crippen molar-refractivity contribution in [3.8, 4) is 0 Å². The van der Waals surface area contributed by atoms with E-state index >= 15 is 0 Å². The predicted octanol–water partition coefficient (Wildman–Crippen LogP) is 2.32. The van der Waals surface area contributed by atoms with Gasteiger partial charge in [0.15, 0.2) is 0 Å². The van der Waals surface area contributed by atoms with E-state index in [1.54, 1.807) is 0 Å².